The van der Waals surface area contributed by atoms with Gasteiger partial charge in [-0.15, -0.1) is 0 Å². The van der Waals surface area contributed by atoms with Crippen LogP contribution in [0, 0.1) is 5.92 Å². The average Bonchev–Trinajstić information content (AvgIpc) is 2.52. The second-order valence-electron chi connectivity index (χ2n) is 6.02. The first-order valence-corrected chi connectivity index (χ1v) is 7.93. The maximum atomic E-state index is 12.7. The van der Waals surface area contributed by atoms with E-state index in [1.807, 2.05) is 4.90 Å². The van der Waals surface area contributed by atoms with E-state index in [-0.39, 0.29) is 11.8 Å². The first kappa shape index (κ1) is 15.9. The van der Waals surface area contributed by atoms with Crippen LogP contribution in [0.15, 0.2) is 12.5 Å². The predicted molar refractivity (Wildman–Crippen MR) is 83.3 cm³/mol. The van der Waals surface area contributed by atoms with E-state index in [1.54, 1.807) is 6.20 Å². The molecule has 1 fully saturated rings. The number of nitrogens with one attached hydrogen (secondary N) is 1. The minimum Gasteiger partial charge on any atom is -0.339 e. The zero-order valence-electron chi connectivity index (χ0n) is 13.3. The van der Waals surface area contributed by atoms with E-state index in [0.717, 1.165) is 44.7 Å². The first-order chi connectivity index (χ1) is 10.1. The third-order valence-electron chi connectivity index (χ3n) is 4.11. The molecule has 5 nitrogen and oxygen atoms in total. The number of nitrogens with zero attached hydrogens (tertiary/aromatic N) is 3. The van der Waals surface area contributed by atoms with Gasteiger partial charge in [-0.05, 0) is 37.8 Å². The van der Waals surface area contributed by atoms with Gasteiger partial charge in [0.2, 0.25) is 0 Å². The molecule has 0 atom stereocenters. The van der Waals surface area contributed by atoms with Crippen LogP contribution in [0.1, 0.15) is 55.6 Å². The van der Waals surface area contributed by atoms with Crippen molar-refractivity contribution in [2.75, 3.05) is 26.2 Å². The lowest BCUT2D eigenvalue weighted by atomic mass is 9.95. The number of piperidine rings is 1. The predicted octanol–water partition coefficient (Wildman–Crippen LogP) is 2.06. The molecule has 0 bridgehead atoms. The third kappa shape index (κ3) is 4.00. The Hall–Kier alpha value is -1.49. The van der Waals surface area contributed by atoms with Gasteiger partial charge in [0.25, 0.3) is 5.91 Å². The second kappa shape index (κ2) is 7.50. The summed E-state index contributed by atoms with van der Waals surface area (Å²) in [7, 11) is 0. The maximum absolute atomic E-state index is 12.7. The zero-order valence-corrected chi connectivity index (χ0v) is 13.3. The zero-order chi connectivity index (χ0) is 15.2. The summed E-state index contributed by atoms with van der Waals surface area (Å²) >= 11 is 0. The fraction of sp³-hybridized carbons (Fsp3) is 0.688. The lowest BCUT2D eigenvalue weighted by Gasteiger charge is -2.32. The number of hydrogen-bond donors (Lipinski definition) is 1. The lowest BCUT2D eigenvalue weighted by molar-refractivity contribution is 0.0687. The number of carbonyl (C=O) groups is 1. The van der Waals surface area contributed by atoms with Crippen molar-refractivity contribution in [3.63, 3.8) is 0 Å². The topological polar surface area (TPSA) is 58.1 Å². The Kier molecular flexibility index (Phi) is 5.67. The first-order valence-electron chi connectivity index (χ1n) is 7.93. The van der Waals surface area contributed by atoms with Crippen molar-refractivity contribution in [2.24, 2.45) is 5.92 Å². The van der Waals surface area contributed by atoms with Crippen LogP contribution in [-0.4, -0.2) is 47.0 Å². The molecular formula is C16H26N4O. The highest BCUT2D eigenvalue weighted by Gasteiger charge is 2.25. The fourth-order valence-electron chi connectivity index (χ4n) is 2.82. The van der Waals surface area contributed by atoms with Crippen molar-refractivity contribution in [3.05, 3.63) is 23.8 Å². The van der Waals surface area contributed by atoms with E-state index < -0.39 is 0 Å². The average molecular weight is 290 g/mol. The molecule has 116 valence electrons. The summed E-state index contributed by atoms with van der Waals surface area (Å²) in [6.45, 7) is 9.98. The van der Waals surface area contributed by atoms with E-state index in [0.29, 0.717) is 11.5 Å². The molecule has 0 radical (unpaired) electrons. The fourth-order valence-corrected chi connectivity index (χ4v) is 2.82. The summed E-state index contributed by atoms with van der Waals surface area (Å²) in [6.07, 6.45) is 5.33. The number of hydrogen-bond acceptors (Lipinski definition) is 4. The van der Waals surface area contributed by atoms with E-state index in [1.165, 1.54) is 6.33 Å². The highest BCUT2D eigenvalue weighted by atomic mass is 16.2. The number of likely N-dealkylation sites (tertiary alicyclic amines) is 1. The summed E-state index contributed by atoms with van der Waals surface area (Å²) in [5.74, 6) is 1.00. The Morgan fingerprint density at radius 3 is 2.76 bits per heavy atom. The van der Waals surface area contributed by atoms with Crippen LogP contribution in [0.2, 0.25) is 0 Å². The minimum absolute atomic E-state index is 0.0844. The van der Waals surface area contributed by atoms with Crippen LogP contribution in [0.5, 0.6) is 0 Å². The summed E-state index contributed by atoms with van der Waals surface area (Å²) in [4.78, 5) is 22.9. The summed E-state index contributed by atoms with van der Waals surface area (Å²) in [5, 5.41) is 3.39. The Morgan fingerprint density at radius 2 is 2.14 bits per heavy atom. The quantitative estimate of drug-likeness (QED) is 0.902. The number of rotatable bonds is 5. The van der Waals surface area contributed by atoms with Crippen molar-refractivity contribution >= 4 is 5.91 Å². The second-order valence-corrected chi connectivity index (χ2v) is 6.02. The third-order valence-corrected chi connectivity index (χ3v) is 4.11. The van der Waals surface area contributed by atoms with Gasteiger partial charge in [-0.3, -0.25) is 4.79 Å². The molecule has 0 unspecified atom stereocenters. The summed E-state index contributed by atoms with van der Waals surface area (Å²) in [6, 6.07) is 0. The van der Waals surface area contributed by atoms with E-state index in [2.05, 4.69) is 36.1 Å². The van der Waals surface area contributed by atoms with Gasteiger partial charge in [-0.25, -0.2) is 9.97 Å². The highest BCUT2D eigenvalue weighted by molar-refractivity contribution is 5.95. The van der Waals surface area contributed by atoms with Gasteiger partial charge in [0, 0.05) is 19.3 Å². The van der Waals surface area contributed by atoms with E-state index in [9.17, 15) is 4.79 Å². The van der Waals surface area contributed by atoms with Crippen molar-refractivity contribution < 1.29 is 4.79 Å². The standard InChI is InChI=1S/C16H26N4O/c1-4-17-9-13-5-7-20(8-6-13)16(21)14-10-18-11-19-15(14)12(2)3/h10-13,17H,4-9H2,1-3H3. The molecule has 2 heterocycles. The largest absolute Gasteiger partial charge is 0.339 e. The van der Waals surface area contributed by atoms with Gasteiger partial charge >= 0.3 is 0 Å². The van der Waals surface area contributed by atoms with Crippen LogP contribution in [0.25, 0.3) is 0 Å². The Labute approximate surface area is 127 Å². The molecule has 0 saturated carbocycles. The monoisotopic (exact) mass is 290 g/mol. The SMILES string of the molecule is CCNCC1CCN(C(=O)c2cncnc2C(C)C)CC1. The molecule has 1 N–H and O–H groups in total. The van der Waals surface area contributed by atoms with Crippen LogP contribution < -0.4 is 5.32 Å². The van der Waals surface area contributed by atoms with Gasteiger partial charge < -0.3 is 10.2 Å². The molecular weight excluding hydrogens is 264 g/mol. The molecule has 0 aliphatic carbocycles. The highest BCUT2D eigenvalue weighted by Crippen LogP contribution is 2.21. The van der Waals surface area contributed by atoms with Crippen LogP contribution in [0.3, 0.4) is 0 Å². The molecule has 1 aliphatic heterocycles. The van der Waals surface area contributed by atoms with Gasteiger partial charge in [0.1, 0.15) is 6.33 Å². The molecule has 0 aromatic carbocycles. The smallest absolute Gasteiger partial charge is 0.257 e. The van der Waals surface area contributed by atoms with E-state index >= 15 is 0 Å². The van der Waals surface area contributed by atoms with Crippen LogP contribution in [0.4, 0.5) is 0 Å². The van der Waals surface area contributed by atoms with Gasteiger partial charge in [0.15, 0.2) is 0 Å². The number of carbonyl (C=O) groups excluding carboxylic acids is 1. The normalized spacial score (nSPS) is 16.5. The van der Waals surface area contributed by atoms with Gasteiger partial charge in [-0.1, -0.05) is 20.8 Å². The molecule has 1 aromatic heterocycles. The molecule has 0 spiro atoms. The molecule has 1 aromatic rings. The molecule has 1 aliphatic rings. The number of amides is 1. The summed E-state index contributed by atoms with van der Waals surface area (Å²) in [5.41, 5.74) is 1.52. The Morgan fingerprint density at radius 1 is 1.43 bits per heavy atom. The van der Waals surface area contributed by atoms with E-state index in [4.69, 9.17) is 0 Å². The minimum atomic E-state index is 0.0844. The van der Waals surface area contributed by atoms with Gasteiger partial charge in [-0.2, -0.15) is 0 Å². The Bertz CT molecular complexity index is 467. The molecule has 21 heavy (non-hydrogen) atoms. The van der Waals surface area contributed by atoms with Crippen LogP contribution >= 0.6 is 0 Å². The molecule has 2 rings (SSSR count). The Balaban J connectivity index is 1.99. The van der Waals surface area contributed by atoms with Crippen molar-refractivity contribution in [3.8, 4) is 0 Å². The molecule has 1 saturated heterocycles. The molecule has 5 heteroatoms. The van der Waals surface area contributed by atoms with Crippen molar-refractivity contribution in [2.45, 2.75) is 39.5 Å². The van der Waals surface area contributed by atoms with Crippen molar-refractivity contribution in [1.29, 1.82) is 0 Å². The number of aromatic nitrogens is 2. The molecule has 1 amide bonds. The maximum Gasteiger partial charge on any atom is 0.257 e. The summed E-state index contributed by atoms with van der Waals surface area (Å²) < 4.78 is 0. The van der Waals surface area contributed by atoms with Crippen molar-refractivity contribution in [1.82, 2.24) is 20.2 Å². The van der Waals surface area contributed by atoms with Gasteiger partial charge in [0.05, 0.1) is 11.3 Å². The van der Waals surface area contributed by atoms with Crippen LogP contribution in [-0.2, 0) is 0 Å². The lowest BCUT2D eigenvalue weighted by Crippen LogP contribution is -2.41.